The van der Waals surface area contributed by atoms with Crippen molar-refractivity contribution in [3.05, 3.63) is 30.3 Å². The first-order valence-electron chi connectivity index (χ1n) is 5.05. The summed E-state index contributed by atoms with van der Waals surface area (Å²) in [5.41, 5.74) is 6.61. The summed E-state index contributed by atoms with van der Waals surface area (Å²) in [4.78, 5) is 23.9. The smallest absolute Gasteiger partial charge is 0.248 e. The fraction of sp³-hybridized carbons (Fsp3) is 0.273. The van der Waals surface area contributed by atoms with E-state index in [0.717, 1.165) is 10.6 Å². The first-order chi connectivity index (χ1) is 7.68. The molecule has 2 rings (SSSR count). The molecule has 2 amide bonds. The number of hydrazine groups is 1. The summed E-state index contributed by atoms with van der Waals surface area (Å²) in [6.07, 6.45) is 0.204. The van der Waals surface area contributed by atoms with Gasteiger partial charge in [-0.25, -0.2) is 5.43 Å². The van der Waals surface area contributed by atoms with Crippen LogP contribution >= 0.6 is 0 Å². The number of para-hydroxylation sites is 1. The highest BCUT2D eigenvalue weighted by molar-refractivity contribution is 6.05. The third kappa shape index (κ3) is 2.04. The highest BCUT2D eigenvalue weighted by atomic mass is 16.2. The topological polar surface area (TPSA) is 61.4 Å². The molecule has 0 bridgehead atoms. The Morgan fingerprint density at radius 3 is 2.50 bits per heavy atom. The average Bonchev–Trinajstić information content (AvgIpc) is 2.56. The van der Waals surface area contributed by atoms with Gasteiger partial charge in [0.25, 0.3) is 0 Å². The van der Waals surface area contributed by atoms with Crippen LogP contribution in [0.25, 0.3) is 0 Å². The second kappa shape index (κ2) is 4.32. The van der Waals surface area contributed by atoms with Gasteiger partial charge in [-0.15, -0.1) is 0 Å². The number of carbonyl (C=O) groups excluding carboxylic acids is 2. The molecule has 0 unspecified atom stereocenters. The lowest BCUT2D eigenvalue weighted by Gasteiger charge is -2.12. The lowest BCUT2D eigenvalue weighted by atomic mass is 10.2. The fourth-order valence-corrected chi connectivity index (χ4v) is 1.56. The van der Waals surface area contributed by atoms with E-state index in [1.807, 2.05) is 30.3 Å². The molecule has 0 spiro atoms. The zero-order chi connectivity index (χ0) is 11.5. The minimum atomic E-state index is -0.474. The van der Waals surface area contributed by atoms with Crippen LogP contribution in [0.1, 0.15) is 6.42 Å². The van der Waals surface area contributed by atoms with Crippen LogP contribution in [0, 0.1) is 0 Å². The molecular formula is C11H13N3O2. The number of amides is 2. The number of nitrogens with one attached hydrogen (secondary N) is 2. The van der Waals surface area contributed by atoms with Gasteiger partial charge in [0.2, 0.25) is 11.8 Å². The Bertz CT molecular complexity index is 405. The Hall–Kier alpha value is -1.88. The van der Waals surface area contributed by atoms with Gasteiger partial charge in [0.1, 0.15) is 6.04 Å². The predicted molar refractivity (Wildman–Crippen MR) is 59.4 cm³/mol. The molecule has 1 heterocycles. The summed E-state index contributed by atoms with van der Waals surface area (Å²) in [7, 11) is 1.49. The van der Waals surface area contributed by atoms with Gasteiger partial charge in [-0.1, -0.05) is 18.2 Å². The van der Waals surface area contributed by atoms with E-state index in [1.165, 1.54) is 7.05 Å². The van der Waals surface area contributed by atoms with Crippen molar-refractivity contribution in [2.75, 3.05) is 12.5 Å². The zero-order valence-corrected chi connectivity index (χ0v) is 8.93. The molecule has 5 nitrogen and oxygen atoms in total. The van der Waals surface area contributed by atoms with Crippen LogP contribution in [0.3, 0.4) is 0 Å². The Balaban J connectivity index is 1.92. The van der Waals surface area contributed by atoms with Gasteiger partial charge in [-0.05, 0) is 12.1 Å². The summed E-state index contributed by atoms with van der Waals surface area (Å²) in [6, 6.07) is 8.95. The molecule has 84 valence electrons. The third-order valence-corrected chi connectivity index (χ3v) is 2.55. The molecule has 1 aliphatic rings. The summed E-state index contributed by atoms with van der Waals surface area (Å²) >= 11 is 0. The number of likely N-dealkylation sites (tertiary alicyclic amines) is 1. The number of likely N-dealkylation sites (N-methyl/N-ethyl adjacent to an activating group) is 1. The van der Waals surface area contributed by atoms with Crippen molar-refractivity contribution in [2.45, 2.75) is 12.5 Å². The summed E-state index contributed by atoms with van der Waals surface area (Å²) < 4.78 is 0. The Labute approximate surface area is 93.4 Å². The summed E-state index contributed by atoms with van der Waals surface area (Å²) in [5, 5.41) is 0. The predicted octanol–water partition coefficient (Wildman–Crippen LogP) is 0.360. The molecule has 16 heavy (non-hydrogen) atoms. The van der Waals surface area contributed by atoms with Crippen LogP contribution < -0.4 is 10.9 Å². The monoisotopic (exact) mass is 219 g/mol. The molecular weight excluding hydrogens is 206 g/mol. The molecule has 0 radical (unpaired) electrons. The summed E-state index contributed by atoms with van der Waals surface area (Å²) in [5.74, 6) is -0.356. The van der Waals surface area contributed by atoms with Crippen molar-refractivity contribution in [2.24, 2.45) is 0 Å². The van der Waals surface area contributed by atoms with Crippen LogP contribution in [-0.2, 0) is 9.59 Å². The van der Waals surface area contributed by atoms with Crippen LogP contribution in [-0.4, -0.2) is 29.8 Å². The van der Waals surface area contributed by atoms with Crippen molar-refractivity contribution in [1.82, 2.24) is 10.3 Å². The normalized spacial score (nSPS) is 20.3. The van der Waals surface area contributed by atoms with Gasteiger partial charge in [0.15, 0.2) is 0 Å². The molecule has 1 aromatic carbocycles. The lowest BCUT2D eigenvalue weighted by Crippen LogP contribution is -2.40. The number of nitrogens with zero attached hydrogens (tertiary/aromatic N) is 1. The highest BCUT2D eigenvalue weighted by Gasteiger charge is 2.35. The largest absolute Gasteiger partial charge is 0.321 e. The van der Waals surface area contributed by atoms with Crippen LogP contribution in [0.4, 0.5) is 5.69 Å². The second-order valence-electron chi connectivity index (χ2n) is 3.68. The van der Waals surface area contributed by atoms with E-state index >= 15 is 0 Å². The van der Waals surface area contributed by atoms with Gasteiger partial charge >= 0.3 is 0 Å². The summed E-state index contributed by atoms with van der Waals surface area (Å²) in [6.45, 7) is 0. The second-order valence-corrected chi connectivity index (χ2v) is 3.68. The Morgan fingerprint density at radius 1 is 1.25 bits per heavy atom. The van der Waals surface area contributed by atoms with Crippen molar-refractivity contribution in [1.29, 1.82) is 0 Å². The number of hydrogen-bond acceptors (Lipinski definition) is 4. The van der Waals surface area contributed by atoms with Gasteiger partial charge in [0, 0.05) is 12.7 Å². The van der Waals surface area contributed by atoms with Crippen molar-refractivity contribution < 1.29 is 9.59 Å². The van der Waals surface area contributed by atoms with E-state index in [4.69, 9.17) is 0 Å². The highest BCUT2D eigenvalue weighted by Crippen LogP contribution is 2.11. The maximum Gasteiger partial charge on any atom is 0.248 e. The molecule has 2 N–H and O–H groups in total. The molecule has 5 heteroatoms. The minimum Gasteiger partial charge on any atom is -0.321 e. The maximum absolute atomic E-state index is 11.5. The molecule has 0 aliphatic carbocycles. The SMILES string of the molecule is CN1C(=O)C[C@H](NNc2ccccc2)C1=O. The minimum absolute atomic E-state index is 0.155. The molecule has 1 saturated heterocycles. The van der Waals surface area contributed by atoms with Gasteiger partial charge in [-0.2, -0.15) is 0 Å². The Morgan fingerprint density at radius 2 is 1.94 bits per heavy atom. The average molecular weight is 219 g/mol. The Kier molecular flexibility index (Phi) is 2.87. The van der Waals surface area contributed by atoms with Crippen molar-refractivity contribution in [3.63, 3.8) is 0 Å². The molecule has 1 aliphatic heterocycles. The number of anilines is 1. The quantitative estimate of drug-likeness (QED) is 0.569. The first-order valence-corrected chi connectivity index (χ1v) is 5.05. The fourth-order valence-electron chi connectivity index (χ4n) is 1.56. The van der Waals surface area contributed by atoms with Crippen molar-refractivity contribution in [3.8, 4) is 0 Å². The van der Waals surface area contributed by atoms with E-state index in [2.05, 4.69) is 10.9 Å². The number of carbonyl (C=O) groups is 2. The molecule has 1 aromatic rings. The van der Waals surface area contributed by atoms with E-state index in [-0.39, 0.29) is 18.2 Å². The lowest BCUT2D eigenvalue weighted by molar-refractivity contribution is -0.137. The maximum atomic E-state index is 11.5. The molecule has 0 saturated carbocycles. The van der Waals surface area contributed by atoms with Crippen LogP contribution in [0.5, 0.6) is 0 Å². The number of imide groups is 1. The third-order valence-electron chi connectivity index (χ3n) is 2.55. The van der Waals surface area contributed by atoms with Gasteiger partial charge in [0.05, 0.1) is 6.42 Å². The molecule has 1 atom stereocenters. The number of rotatable bonds is 3. The van der Waals surface area contributed by atoms with Crippen molar-refractivity contribution >= 4 is 17.5 Å². The van der Waals surface area contributed by atoms with Gasteiger partial charge < -0.3 is 5.43 Å². The van der Waals surface area contributed by atoms with E-state index in [1.54, 1.807) is 0 Å². The number of benzene rings is 1. The number of hydrogen-bond donors (Lipinski definition) is 2. The van der Waals surface area contributed by atoms with E-state index < -0.39 is 6.04 Å². The van der Waals surface area contributed by atoms with Crippen LogP contribution in [0.2, 0.25) is 0 Å². The van der Waals surface area contributed by atoms with Gasteiger partial charge in [-0.3, -0.25) is 14.5 Å². The van der Waals surface area contributed by atoms with E-state index in [9.17, 15) is 9.59 Å². The molecule has 0 aromatic heterocycles. The van der Waals surface area contributed by atoms with Crippen LogP contribution in [0.15, 0.2) is 30.3 Å². The standard InChI is InChI=1S/C11H13N3O2/c1-14-10(15)7-9(11(14)16)13-12-8-5-3-2-4-6-8/h2-6,9,12-13H,7H2,1H3/t9-/m0/s1. The first kappa shape index (κ1) is 10.6. The van der Waals surface area contributed by atoms with E-state index in [0.29, 0.717) is 0 Å². The zero-order valence-electron chi connectivity index (χ0n) is 8.93. The molecule has 1 fully saturated rings.